The Hall–Kier alpha value is -1.06. The van der Waals surface area contributed by atoms with Gasteiger partial charge >= 0.3 is 0 Å². The van der Waals surface area contributed by atoms with Crippen molar-refractivity contribution in [2.24, 2.45) is 0 Å². The van der Waals surface area contributed by atoms with Gasteiger partial charge in [-0.2, -0.15) is 0 Å². The Labute approximate surface area is 123 Å². The summed E-state index contributed by atoms with van der Waals surface area (Å²) in [4.78, 5) is 0. The minimum atomic E-state index is -0.503. The average molecular weight is 279 g/mol. The Morgan fingerprint density at radius 2 is 1.60 bits per heavy atom. The van der Waals surface area contributed by atoms with Crippen LogP contribution in [0.2, 0.25) is 0 Å². The van der Waals surface area contributed by atoms with E-state index >= 15 is 0 Å². The minimum Gasteiger partial charge on any atom is -0.491 e. The molecule has 0 bridgehead atoms. The molecule has 0 saturated carbocycles. The molecule has 114 valence electrons. The standard InChI is InChI=1S/C17H29NO2/c1-16(2,3)13-7-9-15(10-8-13)20-12-14(19)11-18-17(4,5)6/h7-10,14,18-19H,11-12H2,1-6H3/t14-/m1/s1. The molecule has 0 spiro atoms. The molecule has 3 heteroatoms. The Kier molecular flexibility index (Phi) is 5.60. The van der Waals surface area contributed by atoms with Gasteiger partial charge < -0.3 is 15.2 Å². The quantitative estimate of drug-likeness (QED) is 0.870. The zero-order valence-electron chi connectivity index (χ0n) is 13.7. The van der Waals surface area contributed by atoms with Gasteiger partial charge in [-0.3, -0.25) is 0 Å². The molecule has 0 radical (unpaired) electrons. The van der Waals surface area contributed by atoms with Gasteiger partial charge in [0.2, 0.25) is 0 Å². The number of β-amino-alcohol motifs (C(OH)–C–C–N with tert-alkyl or cyclic N) is 1. The van der Waals surface area contributed by atoms with Crippen LogP contribution in [-0.4, -0.2) is 29.9 Å². The monoisotopic (exact) mass is 279 g/mol. The number of nitrogens with one attached hydrogen (secondary N) is 1. The lowest BCUT2D eigenvalue weighted by Crippen LogP contribution is -2.42. The van der Waals surface area contributed by atoms with Gasteiger partial charge in [0.1, 0.15) is 18.5 Å². The predicted octanol–water partition coefficient (Wildman–Crippen LogP) is 3.11. The molecule has 0 aromatic heterocycles. The van der Waals surface area contributed by atoms with Crippen LogP contribution in [0.4, 0.5) is 0 Å². The van der Waals surface area contributed by atoms with Crippen molar-refractivity contribution in [1.29, 1.82) is 0 Å². The van der Waals surface area contributed by atoms with E-state index in [0.717, 1.165) is 5.75 Å². The predicted molar refractivity (Wildman–Crippen MR) is 84.4 cm³/mol. The highest BCUT2D eigenvalue weighted by atomic mass is 16.5. The average Bonchev–Trinajstić information content (AvgIpc) is 2.32. The molecule has 2 N–H and O–H groups in total. The first-order chi connectivity index (χ1) is 9.08. The first-order valence-corrected chi connectivity index (χ1v) is 7.24. The highest BCUT2D eigenvalue weighted by Gasteiger charge is 2.14. The Bertz CT molecular complexity index is 398. The number of aliphatic hydroxyl groups is 1. The number of benzene rings is 1. The smallest absolute Gasteiger partial charge is 0.119 e. The van der Waals surface area contributed by atoms with Crippen LogP contribution in [-0.2, 0) is 5.41 Å². The van der Waals surface area contributed by atoms with E-state index in [9.17, 15) is 5.11 Å². The molecule has 1 aromatic rings. The molecule has 0 heterocycles. The topological polar surface area (TPSA) is 41.5 Å². The molecule has 0 aliphatic carbocycles. The summed E-state index contributed by atoms with van der Waals surface area (Å²) in [6.45, 7) is 13.6. The molecule has 0 fully saturated rings. The fraction of sp³-hybridized carbons (Fsp3) is 0.647. The van der Waals surface area contributed by atoms with Crippen molar-refractivity contribution in [2.45, 2.75) is 58.6 Å². The minimum absolute atomic E-state index is 0.00926. The summed E-state index contributed by atoms with van der Waals surface area (Å²) < 4.78 is 5.61. The maximum Gasteiger partial charge on any atom is 0.119 e. The second-order valence-electron chi connectivity index (χ2n) is 7.37. The lowest BCUT2D eigenvalue weighted by Gasteiger charge is -2.23. The van der Waals surface area contributed by atoms with E-state index in [4.69, 9.17) is 4.74 Å². The maximum absolute atomic E-state index is 9.87. The van der Waals surface area contributed by atoms with Crippen LogP contribution in [0.5, 0.6) is 5.75 Å². The van der Waals surface area contributed by atoms with Crippen molar-refractivity contribution in [3.63, 3.8) is 0 Å². The van der Waals surface area contributed by atoms with Crippen LogP contribution in [0.3, 0.4) is 0 Å². The third-order valence-corrected chi connectivity index (χ3v) is 3.03. The Morgan fingerprint density at radius 1 is 1.05 bits per heavy atom. The molecule has 0 unspecified atom stereocenters. The highest BCUT2D eigenvalue weighted by Crippen LogP contribution is 2.24. The number of rotatable bonds is 5. The van der Waals surface area contributed by atoms with Gasteiger partial charge in [-0.1, -0.05) is 32.9 Å². The van der Waals surface area contributed by atoms with E-state index in [0.29, 0.717) is 13.2 Å². The third-order valence-electron chi connectivity index (χ3n) is 3.03. The lowest BCUT2D eigenvalue weighted by atomic mass is 9.87. The van der Waals surface area contributed by atoms with Crippen LogP contribution >= 0.6 is 0 Å². The van der Waals surface area contributed by atoms with Crippen molar-refractivity contribution in [2.75, 3.05) is 13.2 Å². The van der Waals surface area contributed by atoms with Gasteiger partial charge in [-0.05, 0) is 43.9 Å². The number of ether oxygens (including phenoxy) is 1. The number of hydrogen-bond acceptors (Lipinski definition) is 3. The van der Waals surface area contributed by atoms with Gasteiger partial charge in [-0.25, -0.2) is 0 Å². The molecular weight excluding hydrogens is 250 g/mol. The van der Waals surface area contributed by atoms with Gasteiger partial charge in [-0.15, -0.1) is 0 Å². The molecule has 0 aliphatic rings. The van der Waals surface area contributed by atoms with Crippen molar-refractivity contribution < 1.29 is 9.84 Å². The molecule has 0 saturated heterocycles. The van der Waals surface area contributed by atoms with Crippen LogP contribution in [0.15, 0.2) is 24.3 Å². The fourth-order valence-corrected chi connectivity index (χ4v) is 1.73. The largest absolute Gasteiger partial charge is 0.491 e. The van der Waals surface area contributed by atoms with Crippen LogP contribution < -0.4 is 10.1 Å². The number of hydrogen-bond donors (Lipinski definition) is 2. The first-order valence-electron chi connectivity index (χ1n) is 7.24. The summed E-state index contributed by atoms with van der Waals surface area (Å²) in [6, 6.07) is 8.08. The molecule has 1 aromatic carbocycles. The van der Waals surface area contributed by atoms with Gasteiger partial charge in [0.05, 0.1) is 0 Å². The maximum atomic E-state index is 9.87. The van der Waals surface area contributed by atoms with Gasteiger partial charge in [0.25, 0.3) is 0 Å². The molecule has 1 rings (SSSR count). The lowest BCUT2D eigenvalue weighted by molar-refractivity contribution is 0.100. The van der Waals surface area contributed by atoms with Crippen molar-refractivity contribution in [3.8, 4) is 5.75 Å². The van der Waals surface area contributed by atoms with Crippen LogP contribution in [0.1, 0.15) is 47.1 Å². The SMILES string of the molecule is CC(C)(C)NC[C@@H](O)COc1ccc(C(C)(C)C)cc1. The second-order valence-corrected chi connectivity index (χ2v) is 7.37. The summed E-state index contributed by atoms with van der Waals surface area (Å²) >= 11 is 0. The summed E-state index contributed by atoms with van der Waals surface area (Å²) in [5.41, 5.74) is 1.43. The van der Waals surface area contributed by atoms with Crippen molar-refractivity contribution in [3.05, 3.63) is 29.8 Å². The Balaban J connectivity index is 2.42. The zero-order valence-corrected chi connectivity index (χ0v) is 13.7. The molecule has 20 heavy (non-hydrogen) atoms. The zero-order chi connectivity index (χ0) is 15.4. The summed E-state index contributed by atoms with van der Waals surface area (Å²) in [5.74, 6) is 0.799. The molecule has 0 aliphatic heterocycles. The van der Waals surface area contributed by atoms with E-state index in [1.54, 1.807) is 0 Å². The molecular formula is C17H29NO2. The summed E-state index contributed by atoms with van der Waals surface area (Å²) in [6.07, 6.45) is -0.503. The fourth-order valence-electron chi connectivity index (χ4n) is 1.73. The summed E-state index contributed by atoms with van der Waals surface area (Å²) in [5, 5.41) is 13.1. The van der Waals surface area contributed by atoms with Crippen LogP contribution in [0.25, 0.3) is 0 Å². The van der Waals surface area contributed by atoms with Crippen molar-refractivity contribution in [1.82, 2.24) is 5.32 Å². The second kappa shape index (κ2) is 6.59. The normalized spacial score (nSPS) is 14.2. The van der Waals surface area contributed by atoms with Crippen molar-refractivity contribution >= 4 is 0 Å². The van der Waals surface area contributed by atoms with Gasteiger partial charge in [0, 0.05) is 12.1 Å². The van der Waals surface area contributed by atoms with E-state index < -0.39 is 6.10 Å². The van der Waals surface area contributed by atoms with Gasteiger partial charge in [0.15, 0.2) is 0 Å². The molecule has 3 nitrogen and oxygen atoms in total. The molecule has 1 atom stereocenters. The van der Waals surface area contributed by atoms with E-state index in [1.807, 2.05) is 12.1 Å². The molecule has 0 amide bonds. The highest BCUT2D eigenvalue weighted by molar-refractivity contribution is 5.31. The van der Waals surface area contributed by atoms with Crippen LogP contribution in [0, 0.1) is 0 Å². The first kappa shape index (κ1) is 17.0. The van der Waals surface area contributed by atoms with E-state index in [1.165, 1.54) is 5.56 Å². The van der Waals surface area contributed by atoms with E-state index in [2.05, 4.69) is 59.0 Å². The summed E-state index contributed by atoms with van der Waals surface area (Å²) in [7, 11) is 0. The third kappa shape index (κ3) is 6.40. The number of aliphatic hydroxyl groups excluding tert-OH is 1. The van der Waals surface area contributed by atoms with E-state index in [-0.39, 0.29) is 11.0 Å². The Morgan fingerprint density at radius 3 is 2.05 bits per heavy atom.